The van der Waals surface area contributed by atoms with E-state index in [1.165, 1.54) is 18.5 Å². The van der Waals surface area contributed by atoms with Crippen LogP contribution < -0.4 is 0 Å². The Labute approximate surface area is 126 Å². The third kappa shape index (κ3) is 3.39. The maximum atomic E-state index is 12.1. The summed E-state index contributed by atoms with van der Waals surface area (Å²) < 4.78 is 7.79. The summed E-state index contributed by atoms with van der Waals surface area (Å²) >= 11 is 0. The Hall–Kier alpha value is -1.52. The first-order chi connectivity index (χ1) is 9.94. The van der Waals surface area contributed by atoms with E-state index >= 15 is 0 Å². The van der Waals surface area contributed by atoms with Crippen molar-refractivity contribution in [3.63, 3.8) is 0 Å². The normalized spacial score (nSPS) is 20.6. The van der Waals surface area contributed by atoms with Crippen LogP contribution in [0.1, 0.15) is 64.1 Å². The van der Waals surface area contributed by atoms with Crippen LogP contribution in [0.2, 0.25) is 0 Å². The zero-order valence-corrected chi connectivity index (χ0v) is 13.2. The summed E-state index contributed by atoms with van der Waals surface area (Å²) in [6, 6.07) is 0.673. The third-order valence-electron chi connectivity index (χ3n) is 4.20. The van der Waals surface area contributed by atoms with Gasteiger partial charge in [0, 0.05) is 36.9 Å². The fourth-order valence-electron chi connectivity index (χ4n) is 2.97. The van der Waals surface area contributed by atoms with Crippen molar-refractivity contribution in [2.45, 2.75) is 64.0 Å². The van der Waals surface area contributed by atoms with Gasteiger partial charge in [-0.15, -0.1) is 0 Å². The summed E-state index contributed by atoms with van der Waals surface area (Å²) in [5, 5.41) is 0. The molecule has 1 aliphatic carbocycles. The molecular formula is C16H25N3O2. The molecule has 1 aromatic rings. The first-order valence-electron chi connectivity index (χ1n) is 7.94. The highest BCUT2D eigenvalue weighted by Gasteiger charge is 2.31. The second-order valence-corrected chi connectivity index (χ2v) is 7.20. The number of rotatable bonds is 2. The lowest BCUT2D eigenvalue weighted by Gasteiger charge is -2.33. The van der Waals surface area contributed by atoms with Crippen molar-refractivity contribution in [2.75, 3.05) is 13.1 Å². The molecular weight excluding hydrogens is 266 g/mol. The molecule has 3 rings (SSSR count). The molecule has 1 aliphatic heterocycles. The molecule has 0 unspecified atom stereocenters. The Morgan fingerprint density at radius 3 is 2.48 bits per heavy atom. The van der Waals surface area contributed by atoms with Gasteiger partial charge in [-0.1, -0.05) is 0 Å². The summed E-state index contributed by atoms with van der Waals surface area (Å²) in [6.07, 6.45) is 8.34. The predicted octanol–water partition coefficient (Wildman–Crippen LogP) is 3.33. The molecule has 0 radical (unpaired) electrons. The number of amides is 1. The van der Waals surface area contributed by atoms with E-state index in [-0.39, 0.29) is 6.09 Å². The number of imidazole rings is 1. The van der Waals surface area contributed by atoms with Gasteiger partial charge < -0.3 is 14.2 Å². The lowest BCUT2D eigenvalue weighted by atomic mass is 9.94. The van der Waals surface area contributed by atoms with E-state index < -0.39 is 5.60 Å². The number of likely N-dealkylation sites (tertiary alicyclic amines) is 1. The smallest absolute Gasteiger partial charge is 0.410 e. The Balaban J connectivity index is 1.57. The van der Waals surface area contributed by atoms with Crippen LogP contribution >= 0.6 is 0 Å². The van der Waals surface area contributed by atoms with Crippen molar-refractivity contribution in [3.05, 3.63) is 18.2 Å². The molecule has 1 aromatic heterocycles. The molecule has 0 atom stereocenters. The summed E-state index contributed by atoms with van der Waals surface area (Å²) in [6.45, 7) is 7.27. The molecule has 1 amide bonds. The van der Waals surface area contributed by atoms with Crippen molar-refractivity contribution in [1.29, 1.82) is 0 Å². The number of carbonyl (C=O) groups excluding carboxylic acids is 1. The maximum absolute atomic E-state index is 12.1. The predicted molar refractivity (Wildman–Crippen MR) is 80.3 cm³/mol. The van der Waals surface area contributed by atoms with Crippen LogP contribution in [0.3, 0.4) is 0 Å². The number of piperidine rings is 1. The molecule has 0 N–H and O–H groups in total. The number of hydrogen-bond donors (Lipinski definition) is 0. The van der Waals surface area contributed by atoms with E-state index in [1.807, 2.05) is 38.2 Å². The summed E-state index contributed by atoms with van der Waals surface area (Å²) in [5.41, 5.74) is 0.930. The molecule has 0 spiro atoms. The molecule has 21 heavy (non-hydrogen) atoms. The van der Waals surface area contributed by atoms with Crippen LogP contribution in [0, 0.1) is 0 Å². The van der Waals surface area contributed by atoms with Crippen molar-refractivity contribution in [3.8, 4) is 0 Å². The first-order valence-corrected chi connectivity index (χ1v) is 7.94. The minimum Gasteiger partial charge on any atom is -0.444 e. The molecule has 1 saturated carbocycles. The minimum absolute atomic E-state index is 0.184. The molecule has 0 aromatic carbocycles. The van der Waals surface area contributed by atoms with E-state index in [1.54, 1.807) is 0 Å². The summed E-state index contributed by atoms with van der Waals surface area (Å²) in [7, 11) is 0. The highest BCUT2D eigenvalue weighted by Crippen LogP contribution is 2.39. The number of ether oxygens (including phenoxy) is 1. The summed E-state index contributed by atoms with van der Waals surface area (Å²) in [5.74, 6) is 0.520. The Morgan fingerprint density at radius 2 is 1.90 bits per heavy atom. The Bertz CT molecular complexity index is 506. The van der Waals surface area contributed by atoms with Gasteiger partial charge in [0.05, 0.1) is 6.33 Å². The van der Waals surface area contributed by atoms with Crippen molar-refractivity contribution in [2.24, 2.45) is 0 Å². The van der Waals surface area contributed by atoms with Gasteiger partial charge in [-0.3, -0.25) is 0 Å². The Kier molecular flexibility index (Phi) is 3.68. The first kappa shape index (κ1) is 14.4. The number of nitrogens with zero attached hydrogens (tertiary/aromatic N) is 3. The third-order valence-corrected chi connectivity index (χ3v) is 4.20. The zero-order valence-electron chi connectivity index (χ0n) is 13.2. The van der Waals surface area contributed by atoms with Gasteiger partial charge in [-0.2, -0.15) is 0 Å². The van der Waals surface area contributed by atoms with Crippen LogP contribution in [0.5, 0.6) is 0 Å². The molecule has 1 saturated heterocycles. The van der Waals surface area contributed by atoms with Crippen LogP contribution in [-0.4, -0.2) is 39.2 Å². The van der Waals surface area contributed by atoms with Gasteiger partial charge in [-0.25, -0.2) is 9.78 Å². The molecule has 2 aliphatic rings. The molecule has 0 bridgehead atoms. The van der Waals surface area contributed by atoms with E-state index in [2.05, 4.69) is 9.55 Å². The molecule has 116 valence electrons. The van der Waals surface area contributed by atoms with Crippen LogP contribution in [0.25, 0.3) is 0 Å². The van der Waals surface area contributed by atoms with Gasteiger partial charge in [0.1, 0.15) is 5.60 Å². The molecule has 5 nitrogen and oxygen atoms in total. The Morgan fingerprint density at radius 1 is 1.24 bits per heavy atom. The van der Waals surface area contributed by atoms with E-state index in [0.29, 0.717) is 12.0 Å². The molecule has 5 heteroatoms. The zero-order chi connectivity index (χ0) is 15.0. The SMILES string of the molecule is CC(C)(C)OC(=O)N1CCC(c2cncn2C2CC2)CC1. The van der Waals surface area contributed by atoms with Gasteiger partial charge in [0.15, 0.2) is 0 Å². The average molecular weight is 291 g/mol. The van der Waals surface area contributed by atoms with Crippen molar-refractivity contribution < 1.29 is 9.53 Å². The second-order valence-electron chi connectivity index (χ2n) is 7.20. The topological polar surface area (TPSA) is 47.4 Å². The molecule has 2 heterocycles. The monoisotopic (exact) mass is 291 g/mol. The molecule has 2 fully saturated rings. The largest absolute Gasteiger partial charge is 0.444 e. The number of carbonyl (C=O) groups is 1. The highest BCUT2D eigenvalue weighted by molar-refractivity contribution is 5.68. The van der Waals surface area contributed by atoms with Crippen molar-refractivity contribution in [1.82, 2.24) is 14.5 Å². The lowest BCUT2D eigenvalue weighted by Crippen LogP contribution is -2.41. The van der Waals surface area contributed by atoms with E-state index in [9.17, 15) is 4.79 Å². The van der Waals surface area contributed by atoms with Gasteiger partial charge in [0.2, 0.25) is 0 Å². The lowest BCUT2D eigenvalue weighted by molar-refractivity contribution is 0.0203. The van der Waals surface area contributed by atoms with Gasteiger partial charge in [-0.05, 0) is 46.5 Å². The fraction of sp³-hybridized carbons (Fsp3) is 0.750. The van der Waals surface area contributed by atoms with E-state index in [4.69, 9.17) is 4.74 Å². The second kappa shape index (κ2) is 5.35. The van der Waals surface area contributed by atoms with Crippen LogP contribution in [-0.2, 0) is 4.74 Å². The minimum atomic E-state index is -0.418. The highest BCUT2D eigenvalue weighted by atomic mass is 16.6. The van der Waals surface area contributed by atoms with Crippen LogP contribution in [0.4, 0.5) is 4.79 Å². The number of aromatic nitrogens is 2. The quantitative estimate of drug-likeness (QED) is 0.839. The van der Waals surface area contributed by atoms with Gasteiger partial charge in [0.25, 0.3) is 0 Å². The van der Waals surface area contributed by atoms with Crippen LogP contribution in [0.15, 0.2) is 12.5 Å². The van der Waals surface area contributed by atoms with Crippen molar-refractivity contribution >= 4 is 6.09 Å². The maximum Gasteiger partial charge on any atom is 0.410 e. The average Bonchev–Trinajstić information content (AvgIpc) is 3.14. The standard InChI is InChI=1S/C16H25N3O2/c1-16(2,3)21-15(20)18-8-6-12(7-9-18)14-10-17-11-19(14)13-4-5-13/h10-13H,4-9H2,1-3H3. The summed E-state index contributed by atoms with van der Waals surface area (Å²) in [4.78, 5) is 18.2. The van der Waals surface area contributed by atoms with E-state index in [0.717, 1.165) is 25.9 Å². The fourth-order valence-corrected chi connectivity index (χ4v) is 2.97. The number of hydrogen-bond acceptors (Lipinski definition) is 3. The van der Waals surface area contributed by atoms with Gasteiger partial charge >= 0.3 is 6.09 Å².